The van der Waals surface area contributed by atoms with Crippen LogP contribution >= 0.6 is 11.3 Å². The molecule has 0 radical (unpaired) electrons. The first-order valence-electron chi connectivity index (χ1n) is 5.47. The summed E-state index contributed by atoms with van der Waals surface area (Å²) < 4.78 is 38.9. The first kappa shape index (κ1) is 14.0. The Bertz CT molecular complexity index is 683. The van der Waals surface area contributed by atoms with Crippen molar-refractivity contribution in [3.05, 3.63) is 46.4 Å². The number of anilines is 1. The quantitative estimate of drug-likeness (QED) is 0.941. The minimum Gasteiger partial charge on any atom is -0.326 e. The predicted molar refractivity (Wildman–Crippen MR) is 74.2 cm³/mol. The first-order chi connectivity index (χ1) is 8.95. The molecule has 1 heterocycles. The van der Waals surface area contributed by atoms with Gasteiger partial charge in [-0.05, 0) is 24.3 Å². The van der Waals surface area contributed by atoms with E-state index < -0.39 is 15.8 Å². The van der Waals surface area contributed by atoms with Gasteiger partial charge >= 0.3 is 0 Å². The predicted octanol–water partition coefficient (Wildman–Crippen LogP) is 2.17. The molecule has 7 heteroatoms. The first-order valence-corrected chi connectivity index (χ1v) is 7.79. The van der Waals surface area contributed by atoms with Crippen LogP contribution in [-0.2, 0) is 16.6 Å². The minimum atomic E-state index is -3.68. The van der Waals surface area contributed by atoms with E-state index >= 15 is 0 Å². The number of benzene rings is 1. The van der Waals surface area contributed by atoms with Crippen molar-refractivity contribution >= 4 is 27.0 Å². The summed E-state index contributed by atoms with van der Waals surface area (Å²) >= 11 is 1.29. The van der Waals surface area contributed by atoms with Crippen molar-refractivity contribution in [2.75, 3.05) is 11.4 Å². The average Bonchev–Trinajstić information content (AvgIpc) is 2.87. The highest BCUT2D eigenvalue weighted by atomic mass is 32.2. The van der Waals surface area contributed by atoms with E-state index in [0.29, 0.717) is 6.54 Å². The molecule has 0 aliphatic heterocycles. The van der Waals surface area contributed by atoms with Crippen LogP contribution in [0, 0.1) is 5.82 Å². The molecule has 0 aliphatic rings. The van der Waals surface area contributed by atoms with Gasteiger partial charge < -0.3 is 5.73 Å². The fraction of sp³-hybridized carbons (Fsp3) is 0.167. The number of halogens is 1. The standard InChI is InChI=1S/C12H13FN2O2S2/c1-15(10-4-2-3-9(13)5-10)19(16,17)12-6-11(7-14)18-8-12/h2-6,8H,7,14H2,1H3. The number of hydrogen-bond donors (Lipinski definition) is 1. The van der Waals surface area contributed by atoms with Crippen molar-refractivity contribution in [3.63, 3.8) is 0 Å². The summed E-state index contributed by atoms with van der Waals surface area (Å²) in [5, 5.41) is 1.54. The summed E-state index contributed by atoms with van der Waals surface area (Å²) in [7, 11) is -2.28. The lowest BCUT2D eigenvalue weighted by Crippen LogP contribution is -2.26. The molecule has 0 saturated heterocycles. The van der Waals surface area contributed by atoms with Crippen molar-refractivity contribution in [2.45, 2.75) is 11.4 Å². The van der Waals surface area contributed by atoms with E-state index in [1.807, 2.05) is 0 Å². The van der Waals surface area contributed by atoms with Gasteiger partial charge in [-0.1, -0.05) is 6.07 Å². The van der Waals surface area contributed by atoms with Gasteiger partial charge in [0, 0.05) is 23.8 Å². The summed E-state index contributed by atoms with van der Waals surface area (Å²) in [6.07, 6.45) is 0. The third-order valence-electron chi connectivity index (χ3n) is 2.66. The third-order valence-corrected chi connectivity index (χ3v) is 5.53. The van der Waals surface area contributed by atoms with Crippen LogP contribution in [0.15, 0.2) is 40.6 Å². The van der Waals surface area contributed by atoms with Crippen LogP contribution in [0.1, 0.15) is 4.88 Å². The third kappa shape index (κ3) is 2.78. The molecular formula is C12H13FN2O2S2. The zero-order valence-corrected chi connectivity index (χ0v) is 11.8. The molecule has 2 aromatic rings. The SMILES string of the molecule is CN(c1cccc(F)c1)S(=O)(=O)c1csc(CN)c1. The highest BCUT2D eigenvalue weighted by Gasteiger charge is 2.22. The second-order valence-electron chi connectivity index (χ2n) is 3.91. The van der Waals surface area contributed by atoms with Crippen LogP contribution in [0.25, 0.3) is 0 Å². The monoisotopic (exact) mass is 300 g/mol. The molecule has 2 N–H and O–H groups in total. The highest BCUT2D eigenvalue weighted by Crippen LogP contribution is 2.25. The van der Waals surface area contributed by atoms with E-state index in [-0.39, 0.29) is 10.6 Å². The number of nitrogens with zero attached hydrogens (tertiary/aromatic N) is 1. The molecule has 0 aliphatic carbocycles. The van der Waals surface area contributed by atoms with E-state index in [1.54, 1.807) is 0 Å². The fourth-order valence-corrected chi connectivity index (χ4v) is 3.90. The summed E-state index contributed by atoms with van der Waals surface area (Å²) in [4.78, 5) is 0.955. The molecule has 102 valence electrons. The molecule has 1 aromatic carbocycles. The van der Waals surface area contributed by atoms with E-state index in [0.717, 1.165) is 9.18 Å². The molecule has 1 aromatic heterocycles. The second kappa shape index (κ2) is 5.28. The van der Waals surface area contributed by atoms with Crippen LogP contribution in [0.5, 0.6) is 0 Å². The van der Waals surface area contributed by atoms with Gasteiger partial charge in [0.15, 0.2) is 0 Å². The maximum atomic E-state index is 13.1. The Labute approximate surface area is 115 Å². The van der Waals surface area contributed by atoms with Gasteiger partial charge in [0.2, 0.25) is 0 Å². The maximum absolute atomic E-state index is 13.1. The van der Waals surface area contributed by atoms with Crippen LogP contribution < -0.4 is 10.0 Å². The van der Waals surface area contributed by atoms with Crippen molar-refractivity contribution in [2.24, 2.45) is 5.73 Å². The van der Waals surface area contributed by atoms with E-state index in [1.165, 1.54) is 54.1 Å². The average molecular weight is 300 g/mol. The summed E-state index contributed by atoms with van der Waals surface area (Å²) in [5.41, 5.74) is 5.74. The van der Waals surface area contributed by atoms with Crippen LogP contribution in [-0.4, -0.2) is 15.5 Å². The van der Waals surface area contributed by atoms with Crippen LogP contribution in [0.3, 0.4) is 0 Å². The smallest absolute Gasteiger partial charge is 0.264 e. The van der Waals surface area contributed by atoms with Gasteiger partial charge in [-0.2, -0.15) is 0 Å². The molecule has 0 atom stereocenters. The van der Waals surface area contributed by atoms with Gasteiger partial charge in [-0.15, -0.1) is 11.3 Å². The number of hydrogen-bond acceptors (Lipinski definition) is 4. The van der Waals surface area contributed by atoms with Crippen LogP contribution in [0.2, 0.25) is 0 Å². The Morgan fingerprint density at radius 1 is 1.37 bits per heavy atom. The summed E-state index contributed by atoms with van der Waals surface area (Å²) in [6.45, 7) is 0.296. The Hall–Kier alpha value is -1.44. The van der Waals surface area contributed by atoms with E-state index in [9.17, 15) is 12.8 Å². The molecule has 0 saturated carbocycles. The van der Waals surface area contributed by atoms with Gasteiger partial charge in [-0.3, -0.25) is 4.31 Å². The molecule has 0 spiro atoms. The van der Waals surface area contributed by atoms with E-state index in [4.69, 9.17) is 5.73 Å². The van der Waals surface area contributed by atoms with Crippen LogP contribution in [0.4, 0.5) is 10.1 Å². The number of nitrogens with two attached hydrogens (primary N) is 1. The number of thiophene rings is 1. The lowest BCUT2D eigenvalue weighted by atomic mass is 10.3. The largest absolute Gasteiger partial charge is 0.326 e. The lowest BCUT2D eigenvalue weighted by Gasteiger charge is -2.18. The van der Waals surface area contributed by atoms with Crippen molar-refractivity contribution in [1.82, 2.24) is 0 Å². The molecular weight excluding hydrogens is 287 g/mol. The zero-order valence-electron chi connectivity index (χ0n) is 10.2. The Kier molecular flexibility index (Phi) is 3.88. The molecule has 0 fully saturated rings. The Morgan fingerprint density at radius 2 is 2.11 bits per heavy atom. The molecule has 0 amide bonds. The van der Waals surface area contributed by atoms with Gasteiger partial charge in [0.1, 0.15) is 5.82 Å². The molecule has 19 heavy (non-hydrogen) atoms. The van der Waals surface area contributed by atoms with E-state index in [2.05, 4.69) is 0 Å². The lowest BCUT2D eigenvalue weighted by molar-refractivity contribution is 0.594. The number of sulfonamides is 1. The minimum absolute atomic E-state index is 0.171. The normalized spacial score (nSPS) is 11.5. The van der Waals surface area contributed by atoms with Crippen molar-refractivity contribution in [3.8, 4) is 0 Å². The topological polar surface area (TPSA) is 63.4 Å². The fourth-order valence-electron chi connectivity index (χ4n) is 1.57. The van der Waals surface area contributed by atoms with Crippen molar-refractivity contribution < 1.29 is 12.8 Å². The maximum Gasteiger partial charge on any atom is 0.264 e. The molecule has 0 bridgehead atoms. The highest BCUT2D eigenvalue weighted by molar-refractivity contribution is 7.93. The van der Waals surface area contributed by atoms with Gasteiger partial charge in [-0.25, -0.2) is 12.8 Å². The molecule has 4 nitrogen and oxygen atoms in total. The van der Waals surface area contributed by atoms with Gasteiger partial charge in [0.25, 0.3) is 10.0 Å². The summed E-state index contributed by atoms with van der Waals surface area (Å²) in [6, 6.07) is 6.98. The summed E-state index contributed by atoms with van der Waals surface area (Å²) in [5.74, 6) is -0.479. The zero-order chi connectivity index (χ0) is 14.0. The molecule has 0 unspecified atom stereocenters. The van der Waals surface area contributed by atoms with Crippen molar-refractivity contribution in [1.29, 1.82) is 0 Å². The number of rotatable bonds is 4. The molecule has 2 rings (SSSR count). The second-order valence-corrected chi connectivity index (χ2v) is 6.87. The Morgan fingerprint density at radius 3 is 2.68 bits per heavy atom. The Balaban J connectivity index is 2.39. The van der Waals surface area contributed by atoms with Gasteiger partial charge in [0.05, 0.1) is 10.6 Å².